The third-order valence-electron chi connectivity index (χ3n) is 6.77. The normalized spacial score (nSPS) is 19.2. The van der Waals surface area contributed by atoms with Crippen molar-refractivity contribution in [2.45, 2.75) is 32.9 Å². The summed E-state index contributed by atoms with van der Waals surface area (Å²) in [6, 6.07) is 15.7. The Hall–Kier alpha value is -3.19. The largest absolute Gasteiger partial charge is 0.508 e. The highest BCUT2D eigenvalue weighted by Crippen LogP contribution is 2.24. The molecule has 178 valence electrons. The Labute approximate surface area is 203 Å². The summed E-state index contributed by atoms with van der Waals surface area (Å²) in [5.41, 5.74) is 2.88. The first-order chi connectivity index (χ1) is 16.4. The number of hydrogen-bond donors (Lipinski definition) is 3. The van der Waals surface area contributed by atoms with Crippen molar-refractivity contribution in [3.63, 3.8) is 0 Å². The molecule has 0 radical (unpaired) electrons. The number of nitrogens with one attached hydrogen (secondary N) is 2. The lowest BCUT2D eigenvalue weighted by atomic mass is 9.55. The molecule has 0 saturated carbocycles. The van der Waals surface area contributed by atoms with E-state index in [2.05, 4.69) is 47.1 Å². The number of allylic oxidation sites excluding steroid dienone is 2. The first-order valence-corrected chi connectivity index (χ1v) is 12.2. The highest BCUT2D eigenvalue weighted by Gasteiger charge is 2.27. The standard InChI is InChI=1S/C27H35BN4O2/c1-20(2)26(19-31-15-16-32(21(3)18-31)24-7-6-8-25(33)17-24)30-27(34)22-9-11-23(12-10-22)28-13-4-5-14-29-28/h4-14,17,20-21,26,29,33H,15-16,18-19H2,1-3H3,(H,30,34)/t21-,26?/m0/s1. The van der Waals surface area contributed by atoms with Crippen LogP contribution in [0.15, 0.2) is 72.9 Å². The van der Waals surface area contributed by atoms with Gasteiger partial charge in [0.25, 0.3) is 5.91 Å². The second-order valence-electron chi connectivity index (χ2n) is 9.66. The fourth-order valence-electron chi connectivity index (χ4n) is 4.70. The zero-order valence-electron chi connectivity index (χ0n) is 20.3. The molecule has 7 heteroatoms. The molecule has 2 aromatic carbocycles. The summed E-state index contributed by atoms with van der Waals surface area (Å²) in [6.45, 7) is 10.2. The van der Waals surface area contributed by atoms with E-state index in [1.54, 1.807) is 6.07 Å². The lowest BCUT2D eigenvalue weighted by molar-refractivity contribution is 0.0903. The number of rotatable bonds is 7. The Bertz CT molecular complexity index is 1040. The van der Waals surface area contributed by atoms with E-state index in [1.165, 1.54) is 0 Å². The van der Waals surface area contributed by atoms with Crippen LogP contribution in [0.25, 0.3) is 0 Å². The second-order valence-corrected chi connectivity index (χ2v) is 9.66. The number of aromatic hydroxyl groups is 1. The number of benzene rings is 2. The van der Waals surface area contributed by atoms with Gasteiger partial charge in [0.05, 0.1) is 0 Å². The summed E-state index contributed by atoms with van der Waals surface area (Å²) in [7, 11) is 0. The van der Waals surface area contributed by atoms with Crippen LogP contribution in [0.2, 0.25) is 0 Å². The summed E-state index contributed by atoms with van der Waals surface area (Å²) in [5, 5.41) is 16.4. The van der Waals surface area contributed by atoms with E-state index >= 15 is 0 Å². The van der Waals surface area contributed by atoms with E-state index in [0.717, 1.165) is 37.3 Å². The zero-order valence-corrected chi connectivity index (χ0v) is 20.3. The molecule has 1 amide bonds. The molecule has 2 aliphatic rings. The molecule has 1 unspecified atom stereocenters. The van der Waals surface area contributed by atoms with Crippen LogP contribution in [-0.2, 0) is 0 Å². The van der Waals surface area contributed by atoms with Crippen LogP contribution in [0.5, 0.6) is 5.75 Å². The minimum Gasteiger partial charge on any atom is -0.508 e. The van der Waals surface area contributed by atoms with E-state index < -0.39 is 0 Å². The highest BCUT2D eigenvalue weighted by atomic mass is 16.3. The van der Waals surface area contributed by atoms with E-state index in [9.17, 15) is 9.90 Å². The van der Waals surface area contributed by atoms with Crippen molar-refractivity contribution in [3.05, 3.63) is 78.4 Å². The molecule has 3 N–H and O–H groups in total. The van der Waals surface area contributed by atoms with Gasteiger partial charge in [-0.3, -0.25) is 9.69 Å². The van der Waals surface area contributed by atoms with Gasteiger partial charge in [-0.1, -0.05) is 49.6 Å². The fourth-order valence-corrected chi connectivity index (χ4v) is 4.70. The van der Waals surface area contributed by atoms with E-state index in [0.29, 0.717) is 23.3 Å². The maximum absolute atomic E-state index is 13.0. The van der Waals surface area contributed by atoms with E-state index in [1.807, 2.05) is 60.8 Å². The molecule has 2 aliphatic heterocycles. The number of amides is 1. The quantitative estimate of drug-likeness (QED) is 0.557. The van der Waals surface area contributed by atoms with Gasteiger partial charge in [0.1, 0.15) is 5.75 Å². The number of carbonyl (C=O) groups is 1. The van der Waals surface area contributed by atoms with Crippen molar-refractivity contribution in [2.24, 2.45) is 5.92 Å². The minimum atomic E-state index is -0.0243. The van der Waals surface area contributed by atoms with Crippen molar-refractivity contribution in [1.29, 1.82) is 0 Å². The molecule has 2 aromatic rings. The third kappa shape index (κ3) is 5.83. The molecular weight excluding hydrogens is 423 g/mol. The lowest BCUT2D eigenvalue weighted by Crippen LogP contribution is -2.56. The molecule has 4 rings (SSSR count). The first kappa shape index (κ1) is 24.0. The van der Waals surface area contributed by atoms with E-state index in [4.69, 9.17) is 0 Å². The van der Waals surface area contributed by atoms with Crippen LogP contribution in [0, 0.1) is 5.92 Å². The summed E-state index contributed by atoms with van der Waals surface area (Å²) < 4.78 is 0. The van der Waals surface area contributed by atoms with Crippen LogP contribution < -0.4 is 20.9 Å². The second kappa shape index (κ2) is 10.8. The van der Waals surface area contributed by atoms with E-state index in [-0.39, 0.29) is 18.8 Å². The maximum Gasteiger partial charge on any atom is 0.312 e. The fraction of sp³-hybridized carbons (Fsp3) is 0.370. The Morgan fingerprint density at radius 3 is 2.62 bits per heavy atom. The van der Waals surface area contributed by atoms with Gasteiger partial charge in [-0.25, -0.2) is 0 Å². The van der Waals surface area contributed by atoms with Crippen molar-refractivity contribution >= 4 is 23.9 Å². The van der Waals surface area contributed by atoms with Crippen LogP contribution in [0.3, 0.4) is 0 Å². The molecule has 34 heavy (non-hydrogen) atoms. The number of phenols is 1. The summed E-state index contributed by atoms with van der Waals surface area (Å²) >= 11 is 0. The predicted octanol–water partition coefficient (Wildman–Crippen LogP) is 2.77. The molecule has 1 saturated heterocycles. The van der Waals surface area contributed by atoms with Gasteiger partial charge >= 0.3 is 6.85 Å². The minimum absolute atomic E-state index is 0.0243. The van der Waals surface area contributed by atoms with Crippen molar-refractivity contribution in [1.82, 2.24) is 15.4 Å². The van der Waals surface area contributed by atoms with Gasteiger partial charge in [0.15, 0.2) is 0 Å². The van der Waals surface area contributed by atoms with Gasteiger partial charge in [0.2, 0.25) is 0 Å². The number of nitrogens with zero attached hydrogens (tertiary/aromatic N) is 2. The Balaban J connectivity index is 1.34. The lowest BCUT2D eigenvalue weighted by Gasteiger charge is -2.42. The smallest absolute Gasteiger partial charge is 0.312 e. The van der Waals surface area contributed by atoms with Gasteiger partial charge in [-0.2, -0.15) is 0 Å². The molecule has 0 aromatic heterocycles. The molecule has 1 fully saturated rings. The Morgan fingerprint density at radius 1 is 1.18 bits per heavy atom. The predicted molar refractivity (Wildman–Crippen MR) is 141 cm³/mol. The molecule has 2 atom stereocenters. The molecule has 2 heterocycles. The monoisotopic (exact) mass is 458 g/mol. The van der Waals surface area contributed by atoms with Crippen molar-refractivity contribution < 1.29 is 9.90 Å². The molecule has 6 nitrogen and oxygen atoms in total. The number of piperazine rings is 1. The summed E-state index contributed by atoms with van der Waals surface area (Å²) in [5.74, 6) is 2.70. The Morgan fingerprint density at radius 2 is 1.97 bits per heavy atom. The van der Waals surface area contributed by atoms with Crippen LogP contribution in [-0.4, -0.2) is 61.0 Å². The zero-order chi connectivity index (χ0) is 24.1. The average molecular weight is 458 g/mol. The van der Waals surface area contributed by atoms with Gasteiger partial charge in [-0.05, 0) is 49.4 Å². The number of hydrogen-bond acceptors (Lipinski definition) is 5. The first-order valence-electron chi connectivity index (χ1n) is 12.2. The number of anilines is 1. The number of carbonyl (C=O) groups excluding carboxylic acids is 1. The highest BCUT2D eigenvalue weighted by molar-refractivity contribution is 6.76. The van der Waals surface area contributed by atoms with Gasteiger partial charge in [0, 0.05) is 55.6 Å². The van der Waals surface area contributed by atoms with Gasteiger partial charge in [-0.15, -0.1) is 0 Å². The van der Waals surface area contributed by atoms with Crippen LogP contribution in [0.1, 0.15) is 31.1 Å². The third-order valence-corrected chi connectivity index (χ3v) is 6.77. The average Bonchev–Trinajstić information content (AvgIpc) is 2.84. The SMILES string of the molecule is CC(C)C(CN1CCN(c2cccc(O)c2)[C@@H](C)C1)NC(=O)c1ccc(B2C=CC=CN2)cc1. The van der Waals surface area contributed by atoms with Crippen molar-refractivity contribution in [2.75, 3.05) is 31.1 Å². The van der Waals surface area contributed by atoms with Crippen molar-refractivity contribution in [3.8, 4) is 5.75 Å². The Kier molecular flexibility index (Phi) is 7.63. The molecule has 0 bridgehead atoms. The topological polar surface area (TPSA) is 67.8 Å². The molecular formula is C27H35BN4O2. The van der Waals surface area contributed by atoms with Gasteiger partial charge < -0.3 is 20.6 Å². The summed E-state index contributed by atoms with van der Waals surface area (Å²) in [4.78, 5) is 17.8. The summed E-state index contributed by atoms with van der Waals surface area (Å²) in [6.07, 6.45) is 5.93. The van der Waals surface area contributed by atoms with Crippen LogP contribution in [0.4, 0.5) is 5.69 Å². The molecule has 0 aliphatic carbocycles. The molecule has 0 spiro atoms. The number of phenolic OH excluding ortho intramolecular Hbond substituents is 1. The van der Waals surface area contributed by atoms with Crippen LogP contribution >= 0.6 is 0 Å². The maximum atomic E-state index is 13.0.